The highest BCUT2D eigenvalue weighted by atomic mass is 28.3. The lowest BCUT2D eigenvalue weighted by molar-refractivity contribution is -0.237. The first-order valence-electron chi connectivity index (χ1n) is 11.8. The Morgan fingerprint density at radius 1 is 1.06 bits per heavy atom. The van der Waals surface area contributed by atoms with Crippen LogP contribution in [0.3, 0.4) is 0 Å². The van der Waals surface area contributed by atoms with Gasteiger partial charge in [-0.25, -0.2) is 0 Å². The maximum absolute atomic E-state index is 11.7. The van der Waals surface area contributed by atoms with Gasteiger partial charge in [-0.1, -0.05) is 41.5 Å². The van der Waals surface area contributed by atoms with Crippen molar-refractivity contribution in [2.45, 2.75) is 109 Å². The van der Waals surface area contributed by atoms with E-state index in [2.05, 4.69) is 58.2 Å². The summed E-state index contributed by atoms with van der Waals surface area (Å²) in [6.45, 7) is 18.4. The van der Waals surface area contributed by atoms with Crippen molar-refractivity contribution in [3.05, 3.63) is 24.0 Å². The van der Waals surface area contributed by atoms with Crippen molar-refractivity contribution >= 4 is 20.2 Å². The van der Waals surface area contributed by atoms with Crippen LogP contribution in [-0.2, 0) is 39.1 Å². The van der Waals surface area contributed by atoms with Gasteiger partial charge in [0.1, 0.15) is 12.7 Å². The van der Waals surface area contributed by atoms with Gasteiger partial charge < -0.3 is 27.9 Å². The van der Waals surface area contributed by atoms with E-state index in [0.717, 1.165) is 5.56 Å². The summed E-state index contributed by atoms with van der Waals surface area (Å²) in [5.41, 5.74) is 2.55. The number of carbonyl (C=O) groups excluding carboxylic acids is 2. The highest BCUT2D eigenvalue weighted by Gasteiger charge is 2.59. The van der Waals surface area contributed by atoms with Crippen LogP contribution in [0.1, 0.15) is 67.9 Å². The van der Waals surface area contributed by atoms with Crippen LogP contribution in [-0.4, -0.2) is 55.6 Å². The van der Waals surface area contributed by atoms with Crippen LogP contribution >= 0.6 is 0 Å². The molecule has 0 unspecified atom stereocenters. The molecule has 186 valence electrons. The molecular weight excluding hydrogens is 442 g/mol. The summed E-state index contributed by atoms with van der Waals surface area (Å²) in [5, 5.41) is 0. The number of carbonyl (C=O) groups is 2. The second-order valence-corrected chi connectivity index (χ2v) is 16.0. The van der Waals surface area contributed by atoms with Gasteiger partial charge in [0.05, 0.1) is 0 Å². The van der Waals surface area contributed by atoms with E-state index >= 15 is 0 Å². The third-order valence-corrected chi connectivity index (χ3v) is 13.9. The first-order valence-corrected chi connectivity index (χ1v) is 14.0. The number of ether oxygens (including phenoxy) is 5. The smallest absolute Gasteiger partial charge is 0.303 e. The Labute approximate surface area is 197 Å². The molecule has 33 heavy (non-hydrogen) atoms. The van der Waals surface area contributed by atoms with E-state index in [4.69, 9.17) is 23.7 Å². The van der Waals surface area contributed by atoms with Crippen molar-refractivity contribution in [1.29, 1.82) is 0 Å². The molecule has 0 bridgehead atoms. The molecular formula is C24H39NO7Si. The summed E-state index contributed by atoms with van der Waals surface area (Å²) in [5.74, 6) is -1.93. The molecule has 8 nitrogen and oxygen atoms in total. The summed E-state index contributed by atoms with van der Waals surface area (Å²) in [4.78, 5) is 23.0. The summed E-state index contributed by atoms with van der Waals surface area (Å²) in [7, 11) is -1.91. The van der Waals surface area contributed by atoms with E-state index in [0.29, 0.717) is 16.6 Å². The molecule has 0 amide bonds. The molecule has 0 N–H and O–H groups in total. The van der Waals surface area contributed by atoms with Crippen LogP contribution in [0.2, 0.25) is 16.6 Å². The molecule has 9 heteroatoms. The molecule has 0 aromatic carbocycles. The zero-order valence-electron chi connectivity index (χ0n) is 21.3. The molecule has 0 spiro atoms. The zero-order chi connectivity index (χ0) is 24.7. The van der Waals surface area contributed by atoms with E-state index in [1.54, 1.807) is 0 Å². The Kier molecular flexibility index (Phi) is 7.48. The van der Waals surface area contributed by atoms with Crippen LogP contribution in [0.5, 0.6) is 0 Å². The van der Waals surface area contributed by atoms with Crippen molar-refractivity contribution in [2.75, 3.05) is 6.61 Å². The molecule has 5 atom stereocenters. The molecule has 1 aromatic heterocycles. The van der Waals surface area contributed by atoms with Crippen molar-refractivity contribution in [1.82, 2.24) is 4.23 Å². The predicted octanol–water partition coefficient (Wildman–Crippen LogP) is 4.32. The van der Waals surface area contributed by atoms with Gasteiger partial charge in [0, 0.05) is 25.6 Å². The molecule has 3 heterocycles. The molecule has 2 aliphatic rings. The van der Waals surface area contributed by atoms with Gasteiger partial charge in [0.2, 0.25) is 0 Å². The Balaban J connectivity index is 1.86. The number of nitrogens with zero attached hydrogens (tertiary/aromatic N) is 1. The predicted molar refractivity (Wildman–Crippen MR) is 125 cm³/mol. The minimum Gasteiger partial charge on any atom is -0.463 e. The van der Waals surface area contributed by atoms with Crippen LogP contribution < -0.4 is 0 Å². The molecule has 3 rings (SSSR count). The fraction of sp³-hybridized carbons (Fsp3) is 0.750. The monoisotopic (exact) mass is 481 g/mol. The third-order valence-electron chi connectivity index (χ3n) is 7.16. The second-order valence-electron chi connectivity index (χ2n) is 10.2. The number of fused-ring (bicyclic) bond motifs is 1. The minimum absolute atomic E-state index is 0.0363. The van der Waals surface area contributed by atoms with E-state index in [-0.39, 0.29) is 6.61 Å². The Morgan fingerprint density at radius 2 is 1.67 bits per heavy atom. The Bertz CT molecular complexity index is 845. The van der Waals surface area contributed by atoms with Gasteiger partial charge in [-0.15, -0.1) is 0 Å². The zero-order valence-corrected chi connectivity index (χ0v) is 22.3. The average Bonchev–Trinajstić information content (AvgIpc) is 3.35. The maximum atomic E-state index is 11.7. The van der Waals surface area contributed by atoms with Gasteiger partial charge in [-0.2, -0.15) is 0 Å². The number of esters is 2. The fourth-order valence-electron chi connectivity index (χ4n) is 6.02. The number of aromatic nitrogens is 1. The van der Waals surface area contributed by atoms with E-state index in [1.807, 2.05) is 13.0 Å². The summed E-state index contributed by atoms with van der Waals surface area (Å²) >= 11 is 0. The van der Waals surface area contributed by atoms with Crippen molar-refractivity contribution in [2.24, 2.45) is 0 Å². The minimum atomic E-state index is -1.91. The van der Waals surface area contributed by atoms with Crippen LogP contribution in [0, 0.1) is 0 Å². The standard InChI is InChI=1S/C24H39NO7Si/c1-14(2)33(15(3)4,16(5)6)25-11-10-19(12-25)24(9)31-22-21(29-18(8)27)20(13-28-17(7)26)30-23(22)32-24/h10-12,14-16,20-23H,13H2,1-9H3/t20-,21-,22-,23-,24+/m1/s1. The highest BCUT2D eigenvalue weighted by molar-refractivity contribution is 6.82. The molecule has 0 aliphatic carbocycles. The van der Waals surface area contributed by atoms with Gasteiger partial charge >= 0.3 is 11.9 Å². The average molecular weight is 482 g/mol. The second kappa shape index (κ2) is 9.52. The molecule has 1 aromatic rings. The molecule has 0 radical (unpaired) electrons. The topological polar surface area (TPSA) is 85.2 Å². The molecule has 0 saturated carbocycles. The summed E-state index contributed by atoms with van der Waals surface area (Å²) in [6.07, 6.45) is 1.58. The van der Waals surface area contributed by atoms with Crippen LogP contribution in [0.15, 0.2) is 18.5 Å². The molecule has 2 saturated heterocycles. The Morgan fingerprint density at radius 3 is 2.18 bits per heavy atom. The highest BCUT2D eigenvalue weighted by Crippen LogP contribution is 2.47. The summed E-state index contributed by atoms with van der Waals surface area (Å²) < 4.78 is 31.6. The van der Waals surface area contributed by atoms with E-state index in [9.17, 15) is 9.59 Å². The first-order chi connectivity index (χ1) is 15.3. The van der Waals surface area contributed by atoms with Crippen molar-refractivity contribution in [3.8, 4) is 0 Å². The van der Waals surface area contributed by atoms with Gasteiger partial charge in [-0.05, 0) is 35.8 Å². The largest absolute Gasteiger partial charge is 0.463 e. The quantitative estimate of drug-likeness (QED) is 0.404. The third kappa shape index (κ3) is 4.65. The van der Waals surface area contributed by atoms with Gasteiger partial charge in [0.25, 0.3) is 0 Å². The fourth-order valence-corrected chi connectivity index (χ4v) is 12.5. The molecule has 2 aliphatic heterocycles. The van der Waals surface area contributed by atoms with E-state index < -0.39 is 50.6 Å². The SMILES string of the molecule is CC(=O)OC[C@H]1O[C@@H]2O[C@@](C)(c3ccn([Si](C(C)C)(C(C)C)C(C)C)c3)O[C@@H]2[C@@H]1OC(C)=O. The lowest BCUT2D eigenvalue weighted by Crippen LogP contribution is -2.51. The van der Waals surface area contributed by atoms with Gasteiger partial charge in [-0.3, -0.25) is 9.59 Å². The first kappa shape index (κ1) is 25.9. The van der Waals surface area contributed by atoms with Crippen LogP contribution in [0.4, 0.5) is 0 Å². The van der Waals surface area contributed by atoms with Crippen LogP contribution in [0.25, 0.3) is 0 Å². The molecule has 2 fully saturated rings. The Hall–Kier alpha value is -1.68. The maximum Gasteiger partial charge on any atom is 0.303 e. The lowest BCUT2D eigenvalue weighted by atomic mass is 10.1. The number of hydrogen-bond acceptors (Lipinski definition) is 7. The number of hydrogen-bond donors (Lipinski definition) is 0. The summed E-state index contributed by atoms with van der Waals surface area (Å²) in [6, 6.07) is 2.05. The number of rotatable bonds is 8. The van der Waals surface area contributed by atoms with Crippen molar-refractivity contribution in [3.63, 3.8) is 0 Å². The van der Waals surface area contributed by atoms with Crippen molar-refractivity contribution < 1.29 is 33.3 Å². The lowest BCUT2D eigenvalue weighted by Gasteiger charge is -2.44. The normalized spacial score (nSPS) is 29.7. The van der Waals surface area contributed by atoms with Gasteiger partial charge in [0.15, 0.2) is 32.5 Å². The van der Waals surface area contributed by atoms with E-state index in [1.165, 1.54) is 13.8 Å².